The molecule has 1 fully saturated rings. The molecule has 33 heavy (non-hydrogen) atoms. The fourth-order valence-electron chi connectivity index (χ4n) is 3.71. The van der Waals surface area contributed by atoms with Crippen LogP contribution in [0.25, 0.3) is 11.0 Å². The van der Waals surface area contributed by atoms with Crippen molar-refractivity contribution in [3.05, 3.63) is 53.4 Å². The van der Waals surface area contributed by atoms with Crippen LogP contribution < -0.4 is 15.5 Å². The molecule has 0 spiro atoms. The lowest BCUT2D eigenvalue weighted by atomic mass is 10.1. The zero-order chi connectivity index (χ0) is 22.8. The number of carbonyl (C=O) groups is 1. The monoisotopic (exact) mass is 465 g/mol. The molecule has 1 unspecified atom stereocenters. The maximum atomic E-state index is 12.9. The fourth-order valence-corrected chi connectivity index (χ4v) is 4.40. The van der Waals surface area contributed by atoms with Gasteiger partial charge in [-0.15, -0.1) is 11.3 Å². The van der Waals surface area contributed by atoms with Crippen LogP contribution in [0.15, 0.2) is 48.4 Å². The Morgan fingerprint density at radius 3 is 2.88 bits per heavy atom. The maximum absolute atomic E-state index is 12.9. The van der Waals surface area contributed by atoms with Gasteiger partial charge in [0, 0.05) is 36.6 Å². The van der Waals surface area contributed by atoms with Gasteiger partial charge in [0.1, 0.15) is 22.8 Å². The average Bonchev–Trinajstić information content (AvgIpc) is 3.53. The minimum Gasteiger partial charge on any atom is -0.378 e. The number of aliphatic hydroxyl groups is 1. The third kappa shape index (κ3) is 4.25. The Labute approximate surface area is 193 Å². The first kappa shape index (κ1) is 21.3. The van der Waals surface area contributed by atoms with Crippen molar-refractivity contribution in [3.63, 3.8) is 0 Å². The number of rotatable bonds is 6. The molecule has 5 rings (SSSR count). The number of nitrogens with one attached hydrogen (secondary N) is 3. The zero-order valence-electron chi connectivity index (χ0n) is 17.9. The van der Waals surface area contributed by atoms with Gasteiger partial charge in [0.15, 0.2) is 5.60 Å². The fraction of sp³-hybridized carbons (Fsp3) is 0.273. The third-order valence-corrected chi connectivity index (χ3v) is 6.49. The van der Waals surface area contributed by atoms with E-state index in [-0.39, 0.29) is 0 Å². The van der Waals surface area contributed by atoms with Crippen LogP contribution in [0.2, 0.25) is 0 Å². The van der Waals surface area contributed by atoms with E-state index in [1.165, 1.54) is 24.6 Å². The van der Waals surface area contributed by atoms with E-state index in [9.17, 15) is 9.90 Å². The Morgan fingerprint density at radius 1 is 1.24 bits per heavy atom. The molecule has 4 heterocycles. The number of benzene rings is 1. The van der Waals surface area contributed by atoms with Crippen molar-refractivity contribution in [2.24, 2.45) is 0 Å². The van der Waals surface area contributed by atoms with Gasteiger partial charge in [-0.2, -0.15) is 0 Å². The lowest BCUT2D eigenvalue weighted by molar-refractivity contribution is -0.133. The van der Waals surface area contributed by atoms with Crippen molar-refractivity contribution in [1.29, 1.82) is 0 Å². The maximum Gasteiger partial charge on any atom is 0.263 e. The number of thiazole rings is 1. The van der Waals surface area contributed by atoms with E-state index in [0.717, 1.165) is 35.5 Å². The van der Waals surface area contributed by atoms with E-state index >= 15 is 0 Å². The first-order valence-corrected chi connectivity index (χ1v) is 11.4. The van der Waals surface area contributed by atoms with Crippen molar-refractivity contribution in [2.45, 2.75) is 12.5 Å². The number of morpholine rings is 1. The number of ether oxygens (including phenoxy) is 1. The third-order valence-electron chi connectivity index (χ3n) is 5.50. The molecule has 4 aromatic rings. The van der Waals surface area contributed by atoms with Gasteiger partial charge < -0.3 is 30.4 Å². The molecule has 3 aromatic heterocycles. The van der Waals surface area contributed by atoms with Crippen LogP contribution in [0, 0.1) is 0 Å². The normalized spacial score (nSPS) is 15.9. The predicted molar refractivity (Wildman–Crippen MR) is 127 cm³/mol. The van der Waals surface area contributed by atoms with Crippen molar-refractivity contribution in [3.8, 4) is 0 Å². The van der Waals surface area contributed by atoms with Crippen molar-refractivity contribution < 1.29 is 14.6 Å². The summed E-state index contributed by atoms with van der Waals surface area (Å²) in [6, 6.07) is 7.50. The molecule has 11 heteroatoms. The Morgan fingerprint density at radius 2 is 2.09 bits per heavy atom. The van der Waals surface area contributed by atoms with E-state index in [2.05, 4.69) is 35.5 Å². The number of aromatic nitrogens is 4. The van der Waals surface area contributed by atoms with E-state index in [1.54, 1.807) is 11.6 Å². The molecule has 1 atom stereocenters. The molecule has 0 bridgehead atoms. The van der Waals surface area contributed by atoms with Gasteiger partial charge in [-0.1, -0.05) is 0 Å². The highest BCUT2D eigenvalue weighted by atomic mass is 32.1. The topological polar surface area (TPSA) is 128 Å². The largest absolute Gasteiger partial charge is 0.378 e. The molecule has 10 nitrogen and oxygen atoms in total. The number of hydrogen-bond donors (Lipinski definition) is 4. The first-order valence-electron chi connectivity index (χ1n) is 10.5. The summed E-state index contributed by atoms with van der Waals surface area (Å²) in [6.07, 6.45) is 4.86. The summed E-state index contributed by atoms with van der Waals surface area (Å²) in [5.74, 6) is 0.0894. The molecular formula is C22H23N7O3S. The number of fused-ring (bicyclic) bond motifs is 1. The second-order valence-electron chi connectivity index (χ2n) is 7.78. The van der Waals surface area contributed by atoms with Gasteiger partial charge in [-0.25, -0.2) is 15.0 Å². The molecule has 1 saturated heterocycles. The van der Waals surface area contributed by atoms with Crippen LogP contribution in [-0.4, -0.2) is 57.3 Å². The number of anilines is 4. The van der Waals surface area contributed by atoms with Gasteiger partial charge in [-0.05, 0) is 31.2 Å². The minimum atomic E-state index is -1.74. The summed E-state index contributed by atoms with van der Waals surface area (Å²) in [5.41, 5.74) is 1.25. The Kier molecular flexibility index (Phi) is 5.67. The quantitative estimate of drug-likeness (QED) is 0.342. The lowest BCUT2D eigenvalue weighted by Gasteiger charge is -2.31. The van der Waals surface area contributed by atoms with Crippen LogP contribution in [0.5, 0.6) is 0 Å². The standard InChI is InChI=1S/C22H23N7O3S/c1-22(31,21-24-6-11-33-21)20(30)27-14-2-3-17(29-7-9-32-10-8-29)16(12-14)28-19-15-4-5-23-18(15)25-13-26-19/h2-6,11-13,31H,7-10H2,1H3,(H,27,30)(H2,23,25,26,28). The second-order valence-corrected chi connectivity index (χ2v) is 8.68. The van der Waals surface area contributed by atoms with Gasteiger partial charge >= 0.3 is 0 Å². The average molecular weight is 466 g/mol. The first-order chi connectivity index (χ1) is 16.0. The lowest BCUT2D eigenvalue weighted by Crippen LogP contribution is -2.37. The van der Waals surface area contributed by atoms with Gasteiger partial charge in [0.25, 0.3) is 5.91 Å². The van der Waals surface area contributed by atoms with Crippen LogP contribution >= 0.6 is 11.3 Å². The van der Waals surface area contributed by atoms with Crippen LogP contribution in [0.1, 0.15) is 11.9 Å². The molecule has 0 aliphatic carbocycles. The van der Waals surface area contributed by atoms with E-state index < -0.39 is 11.5 Å². The van der Waals surface area contributed by atoms with E-state index in [0.29, 0.717) is 29.7 Å². The predicted octanol–water partition coefficient (Wildman–Crippen LogP) is 2.84. The van der Waals surface area contributed by atoms with E-state index in [4.69, 9.17) is 4.74 Å². The van der Waals surface area contributed by atoms with E-state index in [1.807, 2.05) is 30.5 Å². The molecule has 1 aliphatic heterocycles. The molecule has 0 radical (unpaired) electrons. The molecule has 1 aromatic carbocycles. The molecule has 1 aliphatic rings. The smallest absolute Gasteiger partial charge is 0.263 e. The van der Waals surface area contributed by atoms with Crippen molar-refractivity contribution in [1.82, 2.24) is 19.9 Å². The van der Waals surface area contributed by atoms with Crippen LogP contribution in [-0.2, 0) is 15.1 Å². The number of amides is 1. The molecular weight excluding hydrogens is 442 g/mol. The summed E-state index contributed by atoms with van der Waals surface area (Å²) in [5, 5.41) is 19.9. The number of aromatic amines is 1. The number of carbonyl (C=O) groups excluding carboxylic acids is 1. The Hall–Kier alpha value is -3.54. The zero-order valence-corrected chi connectivity index (χ0v) is 18.7. The number of hydrogen-bond acceptors (Lipinski definition) is 9. The second kappa shape index (κ2) is 8.77. The number of H-pyrrole nitrogens is 1. The SMILES string of the molecule is CC(O)(C(=O)Nc1ccc(N2CCOCC2)c(Nc2ncnc3[nH]ccc23)c1)c1nccs1. The summed E-state index contributed by atoms with van der Waals surface area (Å²) in [7, 11) is 0. The van der Waals surface area contributed by atoms with Crippen LogP contribution in [0.3, 0.4) is 0 Å². The van der Waals surface area contributed by atoms with Gasteiger partial charge in [0.2, 0.25) is 0 Å². The summed E-state index contributed by atoms with van der Waals surface area (Å²) >= 11 is 1.23. The molecule has 170 valence electrons. The van der Waals surface area contributed by atoms with Crippen molar-refractivity contribution in [2.75, 3.05) is 41.8 Å². The molecule has 1 amide bonds. The summed E-state index contributed by atoms with van der Waals surface area (Å²) < 4.78 is 5.50. The Bertz CT molecular complexity index is 1270. The van der Waals surface area contributed by atoms with Gasteiger partial charge in [0.05, 0.1) is 30.0 Å². The highest BCUT2D eigenvalue weighted by molar-refractivity contribution is 7.09. The van der Waals surface area contributed by atoms with Crippen LogP contribution in [0.4, 0.5) is 22.9 Å². The van der Waals surface area contributed by atoms with Gasteiger partial charge in [-0.3, -0.25) is 4.79 Å². The molecule has 4 N–H and O–H groups in total. The highest BCUT2D eigenvalue weighted by Crippen LogP contribution is 2.34. The summed E-state index contributed by atoms with van der Waals surface area (Å²) in [4.78, 5) is 30.9. The Balaban J connectivity index is 1.47. The highest BCUT2D eigenvalue weighted by Gasteiger charge is 2.35. The van der Waals surface area contributed by atoms with Crippen molar-refractivity contribution >= 4 is 51.2 Å². The summed E-state index contributed by atoms with van der Waals surface area (Å²) in [6.45, 7) is 4.23. The minimum absolute atomic E-state index is 0.333. The number of nitrogens with zero attached hydrogens (tertiary/aromatic N) is 4. The molecule has 0 saturated carbocycles.